The van der Waals surface area contributed by atoms with E-state index in [2.05, 4.69) is 38.7 Å². The van der Waals surface area contributed by atoms with E-state index in [4.69, 9.17) is 5.73 Å². The molecule has 23 heavy (non-hydrogen) atoms. The second-order valence-corrected chi connectivity index (χ2v) is 6.25. The highest BCUT2D eigenvalue weighted by Crippen LogP contribution is 2.29. The molecule has 5 heteroatoms. The van der Waals surface area contributed by atoms with Crippen molar-refractivity contribution >= 4 is 16.6 Å². The Labute approximate surface area is 135 Å². The van der Waals surface area contributed by atoms with Crippen LogP contribution in [-0.2, 0) is 0 Å². The molecule has 0 bridgehead atoms. The van der Waals surface area contributed by atoms with Crippen molar-refractivity contribution in [3.05, 3.63) is 42.9 Å². The summed E-state index contributed by atoms with van der Waals surface area (Å²) in [6, 6.07) is 10.4. The molecule has 1 saturated carbocycles. The van der Waals surface area contributed by atoms with Crippen LogP contribution < -0.4 is 11.1 Å². The van der Waals surface area contributed by atoms with Gasteiger partial charge in [-0.05, 0) is 43.4 Å². The minimum atomic E-state index is 0.360. The molecule has 5 nitrogen and oxygen atoms in total. The molecular weight excluding hydrogens is 286 g/mol. The van der Waals surface area contributed by atoms with E-state index in [0.717, 1.165) is 53.4 Å². The maximum absolute atomic E-state index is 6.00. The summed E-state index contributed by atoms with van der Waals surface area (Å²) in [5.74, 6) is 0. The van der Waals surface area contributed by atoms with Crippen LogP contribution in [0.15, 0.2) is 36.8 Å². The zero-order chi connectivity index (χ0) is 15.6. The average molecular weight is 306 g/mol. The molecule has 3 aromatic rings. The second-order valence-electron chi connectivity index (χ2n) is 6.25. The molecule has 0 atom stereocenters. The normalized spacial score (nSPS) is 21.4. The molecule has 0 amide bonds. The molecule has 1 aliphatic carbocycles. The molecular formula is C18H20N5. The van der Waals surface area contributed by atoms with Gasteiger partial charge in [-0.3, -0.25) is 10.1 Å². The number of pyridine rings is 1. The van der Waals surface area contributed by atoms with Gasteiger partial charge in [0.15, 0.2) is 0 Å². The first-order valence-corrected chi connectivity index (χ1v) is 8.11. The van der Waals surface area contributed by atoms with E-state index >= 15 is 0 Å². The quantitative estimate of drug-likeness (QED) is 0.694. The summed E-state index contributed by atoms with van der Waals surface area (Å²) in [5.41, 5.74) is 10.2. The number of hydrogen-bond acceptors (Lipinski definition) is 4. The van der Waals surface area contributed by atoms with Crippen LogP contribution in [0.3, 0.4) is 0 Å². The lowest BCUT2D eigenvalue weighted by Crippen LogP contribution is -2.32. The molecule has 1 radical (unpaired) electrons. The van der Waals surface area contributed by atoms with Crippen molar-refractivity contribution in [1.29, 1.82) is 0 Å². The first-order valence-electron chi connectivity index (χ1n) is 8.11. The largest absolute Gasteiger partial charge is 0.381 e. The molecule has 4 rings (SSSR count). The fourth-order valence-corrected chi connectivity index (χ4v) is 3.27. The van der Waals surface area contributed by atoms with Crippen LogP contribution in [0.1, 0.15) is 25.7 Å². The van der Waals surface area contributed by atoms with Gasteiger partial charge in [0.25, 0.3) is 0 Å². The summed E-state index contributed by atoms with van der Waals surface area (Å²) in [5, 5.41) is 11.6. The van der Waals surface area contributed by atoms with E-state index in [1.165, 1.54) is 0 Å². The van der Waals surface area contributed by atoms with Crippen molar-refractivity contribution < 1.29 is 0 Å². The molecule has 1 aromatic carbocycles. The first kappa shape index (κ1) is 14.2. The SMILES string of the molecule is N[C@H]1CC[C@H](Nc2[c]cnc3ccc(-c4cn[nH]c4)cc23)CC1. The van der Waals surface area contributed by atoms with Crippen LogP contribution in [0.2, 0.25) is 0 Å². The van der Waals surface area contributed by atoms with Gasteiger partial charge in [-0.25, -0.2) is 0 Å². The maximum atomic E-state index is 6.00. The van der Waals surface area contributed by atoms with Gasteiger partial charge in [0.2, 0.25) is 0 Å². The van der Waals surface area contributed by atoms with Crippen LogP contribution in [0.4, 0.5) is 5.69 Å². The predicted octanol–water partition coefficient (Wildman–Crippen LogP) is 3.11. The number of nitrogens with two attached hydrogens (primary N) is 1. The Morgan fingerprint density at radius 2 is 2.04 bits per heavy atom. The van der Waals surface area contributed by atoms with E-state index in [1.54, 1.807) is 6.20 Å². The smallest absolute Gasteiger partial charge is 0.0723 e. The van der Waals surface area contributed by atoms with Crippen LogP contribution in [0.25, 0.3) is 22.0 Å². The van der Waals surface area contributed by atoms with Crippen molar-refractivity contribution in [2.24, 2.45) is 5.73 Å². The Hall–Kier alpha value is -2.40. The summed E-state index contributed by atoms with van der Waals surface area (Å²) >= 11 is 0. The fourth-order valence-electron chi connectivity index (χ4n) is 3.27. The molecule has 1 aliphatic rings. The highest BCUT2D eigenvalue weighted by molar-refractivity contribution is 5.94. The minimum Gasteiger partial charge on any atom is -0.381 e. The predicted molar refractivity (Wildman–Crippen MR) is 92.0 cm³/mol. The molecule has 0 spiro atoms. The molecule has 1 fully saturated rings. The lowest BCUT2D eigenvalue weighted by Gasteiger charge is -2.28. The number of fused-ring (bicyclic) bond motifs is 1. The van der Waals surface area contributed by atoms with Gasteiger partial charge < -0.3 is 11.1 Å². The molecule has 2 heterocycles. The number of aromatic amines is 1. The fraction of sp³-hybridized carbons (Fsp3) is 0.333. The number of anilines is 1. The van der Waals surface area contributed by atoms with Crippen molar-refractivity contribution in [2.45, 2.75) is 37.8 Å². The van der Waals surface area contributed by atoms with E-state index in [9.17, 15) is 0 Å². The summed E-state index contributed by atoms with van der Waals surface area (Å²) < 4.78 is 0. The number of nitrogens with zero attached hydrogens (tertiary/aromatic N) is 2. The molecule has 117 valence electrons. The van der Waals surface area contributed by atoms with Crippen molar-refractivity contribution in [3.63, 3.8) is 0 Å². The van der Waals surface area contributed by atoms with Crippen molar-refractivity contribution in [3.8, 4) is 11.1 Å². The first-order chi connectivity index (χ1) is 11.3. The van der Waals surface area contributed by atoms with E-state index < -0.39 is 0 Å². The topological polar surface area (TPSA) is 79.6 Å². The Morgan fingerprint density at radius 3 is 2.83 bits per heavy atom. The van der Waals surface area contributed by atoms with Crippen molar-refractivity contribution in [2.75, 3.05) is 5.32 Å². The van der Waals surface area contributed by atoms with E-state index in [1.807, 2.05) is 18.5 Å². The third-order valence-electron chi connectivity index (χ3n) is 4.63. The van der Waals surface area contributed by atoms with Crippen LogP contribution >= 0.6 is 0 Å². The number of rotatable bonds is 3. The van der Waals surface area contributed by atoms with Gasteiger partial charge >= 0.3 is 0 Å². The minimum absolute atomic E-state index is 0.360. The molecule has 0 saturated heterocycles. The van der Waals surface area contributed by atoms with Crippen molar-refractivity contribution in [1.82, 2.24) is 15.2 Å². The van der Waals surface area contributed by atoms with Gasteiger partial charge in [-0.15, -0.1) is 0 Å². The van der Waals surface area contributed by atoms with Crippen LogP contribution in [0, 0.1) is 6.07 Å². The van der Waals surface area contributed by atoms with Gasteiger partial charge in [-0.1, -0.05) is 6.07 Å². The van der Waals surface area contributed by atoms with Gasteiger partial charge in [0.1, 0.15) is 0 Å². The van der Waals surface area contributed by atoms with E-state index in [-0.39, 0.29) is 0 Å². The second kappa shape index (κ2) is 6.01. The Bertz CT molecular complexity index is 788. The number of aromatic nitrogens is 3. The lowest BCUT2D eigenvalue weighted by molar-refractivity contribution is 0.411. The molecule has 4 N–H and O–H groups in total. The van der Waals surface area contributed by atoms with Crippen LogP contribution in [0.5, 0.6) is 0 Å². The summed E-state index contributed by atoms with van der Waals surface area (Å²) in [6.07, 6.45) is 9.87. The standard InChI is InChI=1S/C18H20N5/c19-14-2-4-15(5-3-14)23-18-7-8-20-17-6-1-12(9-16(17)18)13-10-21-22-11-13/h1,6,8-11,14-15H,2-5,19H2,(H,20,23)(H,21,22)/t14-,15-. The third kappa shape index (κ3) is 2.92. The van der Waals surface area contributed by atoms with Gasteiger partial charge in [0.05, 0.1) is 17.4 Å². The van der Waals surface area contributed by atoms with Gasteiger partial charge in [0, 0.05) is 41.5 Å². The van der Waals surface area contributed by atoms with E-state index in [0.29, 0.717) is 12.1 Å². The van der Waals surface area contributed by atoms with Crippen LogP contribution in [-0.4, -0.2) is 27.3 Å². The number of benzene rings is 1. The molecule has 0 aliphatic heterocycles. The Balaban J connectivity index is 1.67. The average Bonchev–Trinajstić information content (AvgIpc) is 3.11. The zero-order valence-electron chi connectivity index (χ0n) is 12.9. The summed E-state index contributed by atoms with van der Waals surface area (Å²) in [6.45, 7) is 0. The number of H-pyrrole nitrogens is 1. The summed E-state index contributed by atoms with van der Waals surface area (Å²) in [7, 11) is 0. The highest BCUT2D eigenvalue weighted by Gasteiger charge is 2.19. The maximum Gasteiger partial charge on any atom is 0.0723 e. The Morgan fingerprint density at radius 1 is 1.17 bits per heavy atom. The van der Waals surface area contributed by atoms with Gasteiger partial charge in [-0.2, -0.15) is 5.10 Å². The lowest BCUT2D eigenvalue weighted by atomic mass is 9.91. The number of nitrogens with one attached hydrogen (secondary N) is 2. The Kier molecular flexibility index (Phi) is 3.71. The molecule has 0 unspecified atom stereocenters. The number of hydrogen-bond donors (Lipinski definition) is 3. The summed E-state index contributed by atoms with van der Waals surface area (Å²) in [4.78, 5) is 4.43. The zero-order valence-corrected chi connectivity index (χ0v) is 12.9. The third-order valence-corrected chi connectivity index (χ3v) is 4.63. The molecule has 2 aromatic heterocycles. The monoisotopic (exact) mass is 306 g/mol. The highest BCUT2D eigenvalue weighted by atomic mass is 15.1.